The smallest absolute Gasteiger partial charge is 0.336 e. The largest absolute Gasteiger partial charge is 0.478 e. The Labute approximate surface area is 250 Å². The van der Waals surface area contributed by atoms with E-state index in [2.05, 4.69) is 14.6 Å². The van der Waals surface area contributed by atoms with Crippen LogP contribution in [-0.4, -0.2) is 50.7 Å². The highest BCUT2D eigenvalue weighted by atomic mass is 35.5. The topological polar surface area (TPSA) is 103 Å². The molecular formula is C27H28Cl3FN4O4S. The van der Waals surface area contributed by atoms with Crippen LogP contribution in [0.15, 0.2) is 77.7 Å². The van der Waals surface area contributed by atoms with E-state index >= 15 is 0 Å². The Kier molecular flexibility index (Phi) is 11.0. The molecule has 1 fully saturated rings. The van der Waals surface area contributed by atoms with E-state index in [9.17, 15) is 22.7 Å². The van der Waals surface area contributed by atoms with Crippen molar-refractivity contribution in [2.45, 2.75) is 11.8 Å². The number of carboxylic acid groups (broad SMARTS) is 1. The SMILES string of the molecule is Cc1ccc(S(=O)(=O)Nc2ccc3nc(N4CCN(c5ccc(F)cc5)CC4)cc(C(=O)O)c3c2)cc1.Cl.Cl.Cl. The maximum atomic E-state index is 13.2. The van der Waals surface area contributed by atoms with Crippen LogP contribution in [0.2, 0.25) is 0 Å². The molecule has 4 aromatic rings. The van der Waals surface area contributed by atoms with Crippen molar-refractivity contribution in [2.75, 3.05) is 40.7 Å². The molecule has 1 saturated heterocycles. The number of piperazine rings is 1. The first-order valence-corrected chi connectivity index (χ1v) is 13.2. The fraction of sp³-hybridized carbons (Fsp3) is 0.185. The summed E-state index contributed by atoms with van der Waals surface area (Å²) in [5.41, 5.74) is 2.61. The zero-order valence-electron chi connectivity index (χ0n) is 21.3. The second-order valence-electron chi connectivity index (χ2n) is 8.93. The first-order chi connectivity index (χ1) is 17.7. The molecule has 5 rings (SSSR count). The first kappa shape index (κ1) is 32.9. The average Bonchev–Trinajstić information content (AvgIpc) is 2.88. The number of halogens is 4. The molecule has 0 bridgehead atoms. The van der Waals surface area contributed by atoms with Crippen molar-refractivity contribution in [3.8, 4) is 0 Å². The number of hydrogen-bond donors (Lipinski definition) is 2. The molecule has 1 aliphatic heterocycles. The van der Waals surface area contributed by atoms with Gasteiger partial charge in [0.25, 0.3) is 10.0 Å². The molecular weight excluding hydrogens is 602 g/mol. The predicted octanol–water partition coefficient (Wildman–Crippen LogP) is 5.77. The second-order valence-corrected chi connectivity index (χ2v) is 10.6. The van der Waals surface area contributed by atoms with Gasteiger partial charge in [0, 0.05) is 42.9 Å². The van der Waals surface area contributed by atoms with Crippen molar-refractivity contribution in [1.82, 2.24) is 4.98 Å². The minimum atomic E-state index is -3.84. The maximum absolute atomic E-state index is 13.2. The molecule has 40 heavy (non-hydrogen) atoms. The molecule has 0 atom stereocenters. The van der Waals surface area contributed by atoms with Crippen molar-refractivity contribution >= 4 is 81.3 Å². The van der Waals surface area contributed by atoms with Crippen molar-refractivity contribution in [2.24, 2.45) is 0 Å². The van der Waals surface area contributed by atoms with E-state index < -0.39 is 16.0 Å². The summed E-state index contributed by atoms with van der Waals surface area (Å²) in [6.45, 7) is 4.45. The van der Waals surface area contributed by atoms with Crippen LogP contribution in [0.4, 0.5) is 21.6 Å². The highest BCUT2D eigenvalue weighted by Gasteiger charge is 2.22. The van der Waals surface area contributed by atoms with Crippen LogP contribution in [0.1, 0.15) is 15.9 Å². The van der Waals surface area contributed by atoms with Crippen molar-refractivity contribution in [3.05, 3.63) is 89.7 Å². The number of carboxylic acids is 1. The average molecular weight is 630 g/mol. The van der Waals surface area contributed by atoms with Gasteiger partial charge >= 0.3 is 5.97 Å². The van der Waals surface area contributed by atoms with E-state index in [-0.39, 0.29) is 59.2 Å². The number of aromatic carboxylic acids is 1. The molecule has 0 unspecified atom stereocenters. The molecule has 13 heteroatoms. The maximum Gasteiger partial charge on any atom is 0.336 e. The standard InChI is InChI=1S/C27H25FN4O4S.3ClH/c1-18-2-9-22(10-3-18)37(35,36)30-20-6-11-25-23(16-20)24(27(33)34)17-26(29-25)32-14-12-31(13-15-32)21-7-4-19(28)5-8-21;;;/h2-11,16-17,30H,12-15H2,1H3,(H,33,34);3*1H. The summed E-state index contributed by atoms with van der Waals surface area (Å²) < 4.78 is 41.4. The number of aromatic nitrogens is 1. The Morgan fingerprint density at radius 2 is 1.48 bits per heavy atom. The quantitative estimate of drug-likeness (QED) is 0.279. The highest BCUT2D eigenvalue weighted by Crippen LogP contribution is 2.28. The van der Waals surface area contributed by atoms with Crippen LogP contribution < -0.4 is 14.5 Å². The van der Waals surface area contributed by atoms with Crippen LogP contribution >= 0.6 is 37.2 Å². The van der Waals surface area contributed by atoms with Gasteiger partial charge in [-0.2, -0.15) is 0 Å². The van der Waals surface area contributed by atoms with Crippen LogP contribution in [-0.2, 0) is 10.0 Å². The van der Waals surface area contributed by atoms with Crippen LogP contribution in [0.25, 0.3) is 10.9 Å². The van der Waals surface area contributed by atoms with Crippen LogP contribution in [0.3, 0.4) is 0 Å². The zero-order chi connectivity index (χ0) is 26.2. The molecule has 0 saturated carbocycles. The monoisotopic (exact) mass is 628 g/mol. The van der Waals surface area contributed by atoms with E-state index in [0.29, 0.717) is 42.9 Å². The number of carbonyl (C=O) groups is 1. The van der Waals surface area contributed by atoms with Gasteiger partial charge in [-0.3, -0.25) is 4.72 Å². The van der Waals surface area contributed by atoms with Crippen molar-refractivity contribution in [1.29, 1.82) is 0 Å². The number of rotatable bonds is 6. The fourth-order valence-corrected chi connectivity index (χ4v) is 5.44. The Morgan fingerprint density at radius 3 is 2.08 bits per heavy atom. The molecule has 2 heterocycles. The van der Waals surface area contributed by atoms with Crippen LogP contribution in [0, 0.1) is 12.7 Å². The van der Waals surface area contributed by atoms with Gasteiger partial charge in [0.05, 0.1) is 16.0 Å². The number of nitrogens with one attached hydrogen (secondary N) is 1. The molecule has 1 aliphatic rings. The van der Waals surface area contributed by atoms with Gasteiger partial charge in [-0.1, -0.05) is 17.7 Å². The number of hydrogen-bond acceptors (Lipinski definition) is 6. The number of benzene rings is 3. The van der Waals surface area contributed by atoms with E-state index in [0.717, 1.165) is 11.3 Å². The summed E-state index contributed by atoms with van der Waals surface area (Å²) >= 11 is 0. The molecule has 0 radical (unpaired) electrons. The van der Waals surface area contributed by atoms with E-state index in [4.69, 9.17) is 0 Å². The second kappa shape index (κ2) is 13.4. The Bertz CT molecular complexity index is 1580. The molecule has 214 valence electrons. The molecule has 0 spiro atoms. The number of nitrogens with zero attached hydrogens (tertiary/aromatic N) is 3. The summed E-state index contributed by atoms with van der Waals surface area (Å²) in [5.74, 6) is -0.871. The van der Waals surface area contributed by atoms with Crippen LogP contribution in [0.5, 0.6) is 0 Å². The summed E-state index contributed by atoms with van der Waals surface area (Å²) in [6, 6.07) is 19.0. The lowest BCUT2D eigenvalue weighted by atomic mass is 10.1. The van der Waals surface area contributed by atoms with E-state index in [1.807, 2.05) is 11.8 Å². The zero-order valence-corrected chi connectivity index (χ0v) is 24.5. The van der Waals surface area contributed by atoms with E-state index in [1.54, 1.807) is 36.4 Å². The fourth-order valence-electron chi connectivity index (χ4n) is 4.39. The highest BCUT2D eigenvalue weighted by molar-refractivity contribution is 7.92. The Hall–Kier alpha value is -3.31. The Morgan fingerprint density at radius 1 is 0.875 bits per heavy atom. The third-order valence-electron chi connectivity index (χ3n) is 6.40. The van der Waals surface area contributed by atoms with E-state index in [1.165, 1.54) is 36.4 Å². The first-order valence-electron chi connectivity index (χ1n) is 11.7. The lowest BCUT2D eigenvalue weighted by Gasteiger charge is -2.37. The summed E-state index contributed by atoms with van der Waals surface area (Å²) in [6.07, 6.45) is 0. The number of pyridine rings is 1. The molecule has 3 aromatic carbocycles. The Balaban J connectivity index is 0.00000187. The van der Waals surface area contributed by atoms with Gasteiger partial charge < -0.3 is 14.9 Å². The third kappa shape index (κ3) is 7.06. The summed E-state index contributed by atoms with van der Waals surface area (Å²) in [5, 5.41) is 10.3. The predicted molar refractivity (Wildman–Crippen MR) is 163 cm³/mol. The molecule has 8 nitrogen and oxygen atoms in total. The van der Waals surface area contributed by atoms with Gasteiger partial charge in [0.1, 0.15) is 11.6 Å². The molecule has 2 N–H and O–H groups in total. The molecule has 0 aliphatic carbocycles. The summed E-state index contributed by atoms with van der Waals surface area (Å²) in [7, 11) is -3.84. The summed E-state index contributed by atoms with van der Waals surface area (Å²) in [4.78, 5) is 21.1. The lowest BCUT2D eigenvalue weighted by Crippen LogP contribution is -2.46. The molecule has 1 aromatic heterocycles. The van der Waals surface area contributed by atoms with Gasteiger partial charge in [-0.15, -0.1) is 37.2 Å². The number of aryl methyl sites for hydroxylation is 1. The van der Waals surface area contributed by atoms with Gasteiger partial charge in [0.2, 0.25) is 0 Å². The number of sulfonamides is 1. The minimum Gasteiger partial charge on any atom is -0.478 e. The van der Waals surface area contributed by atoms with Crippen molar-refractivity contribution < 1.29 is 22.7 Å². The molecule has 0 amide bonds. The third-order valence-corrected chi connectivity index (χ3v) is 7.80. The minimum absolute atomic E-state index is 0. The van der Waals surface area contributed by atoms with Gasteiger partial charge in [-0.05, 0) is 67.6 Å². The normalized spacial score (nSPS) is 13.1. The number of fused-ring (bicyclic) bond motifs is 1. The number of anilines is 3. The van der Waals surface area contributed by atoms with Gasteiger partial charge in [0.15, 0.2) is 0 Å². The van der Waals surface area contributed by atoms with Gasteiger partial charge in [-0.25, -0.2) is 22.6 Å². The lowest BCUT2D eigenvalue weighted by molar-refractivity contribution is 0.0699. The van der Waals surface area contributed by atoms with Crippen molar-refractivity contribution in [3.63, 3.8) is 0 Å².